The van der Waals surface area contributed by atoms with Gasteiger partial charge in [0.1, 0.15) is 11.6 Å². The van der Waals surface area contributed by atoms with Crippen molar-refractivity contribution in [3.8, 4) is 0 Å². The van der Waals surface area contributed by atoms with Crippen LogP contribution in [0.3, 0.4) is 0 Å². The van der Waals surface area contributed by atoms with E-state index in [2.05, 4.69) is 25.3 Å². The van der Waals surface area contributed by atoms with Crippen LogP contribution in [0, 0.1) is 13.8 Å². The summed E-state index contributed by atoms with van der Waals surface area (Å²) in [6.45, 7) is 5.55. The molecule has 0 unspecified atom stereocenters. The van der Waals surface area contributed by atoms with E-state index < -0.39 is 0 Å². The van der Waals surface area contributed by atoms with Crippen LogP contribution in [0.25, 0.3) is 11.0 Å². The number of aromatic amines is 1. The van der Waals surface area contributed by atoms with Crippen LogP contribution >= 0.6 is 23.2 Å². The Hall–Kier alpha value is -2.91. The first-order valence-electron chi connectivity index (χ1n) is 11.8. The van der Waals surface area contributed by atoms with Crippen LogP contribution in [-0.4, -0.2) is 44.6 Å². The van der Waals surface area contributed by atoms with Crippen molar-refractivity contribution in [1.82, 2.24) is 25.3 Å². The number of fused-ring (bicyclic) bond motifs is 1. The molecule has 0 aliphatic carbocycles. The molecule has 2 atom stereocenters. The molecule has 1 aliphatic rings. The molecule has 1 fully saturated rings. The van der Waals surface area contributed by atoms with E-state index in [1.165, 1.54) is 0 Å². The molecule has 4 aromatic rings. The fraction of sp³-hybridized carbons (Fsp3) is 0.346. The highest BCUT2D eigenvalue weighted by molar-refractivity contribution is 6.35. The number of carbonyl (C=O) groups is 1. The van der Waals surface area contributed by atoms with Crippen molar-refractivity contribution in [1.29, 1.82) is 0 Å². The zero-order chi connectivity index (χ0) is 25.2. The molecule has 10 heteroatoms. The number of likely N-dealkylation sites (tertiary alicyclic amines) is 1. The Balaban J connectivity index is 1.29. The Morgan fingerprint density at radius 2 is 2.08 bits per heavy atom. The molecule has 1 amide bonds. The normalized spacial score (nSPS) is 18.2. The van der Waals surface area contributed by atoms with E-state index in [0.717, 1.165) is 33.6 Å². The molecule has 0 saturated carbocycles. The summed E-state index contributed by atoms with van der Waals surface area (Å²) >= 11 is 12.5. The second kappa shape index (κ2) is 10.6. The van der Waals surface area contributed by atoms with Crippen LogP contribution in [0.5, 0.6) is 0 Å². The number of hydrogen-bond donors (Lipinski definition) is 2. The molecule has 1 saturated heterocycles. The molecule has 3 heterocycles. The van der Waals surface area contributed by atoms with Gasteiger partial charge in [0.15, 0.2) is 0 Å². The number of amides is 1. The van der Waals surface area contributed by atoms with Crippen LogP contribution in [0.15, 0.2) is 47.0 Å². The number of carbonyl (C=O) groups excluding carboxylic acids is 1. The van der Waals surface area contributed by atoms with Gasteiger partial charge in [-0.05, 0) is 50.1 Å². The summed E-state index contributed by atoms with van der Waals surface area (Å²) in [5.74, 6) is 1.38. The third kappa shape index (κ3) is 5.42. The number of H-pyrrole nitrogens is 1. The quantitative estimate of drug-likeness (QED) is 0.336. The minimum Gasteiger partial charge on any atom is -0.372 e. The van der Waals surface area contributed by atoms with Gasteiger partial charge in [0.25, 0.3) is 0 Å². The summed E-state index contributed by atoms with van der Waals surface area (Å²) in [5.41, 5.74) is 4.47. The summed E-state index contributed by atoms with van der Waals surface area (Å²) in [7, 11) is 0. The molecule has 0 radical (unpaired) electrons. The number of aromatic nitrogens is 3. The highest BCUT2D eigenvalue weighted by atomic mass is 35.5. The van der Waals surface area contributed by atoms with E-state index in [1.54, 1.807) is 12.1 Å². The van der Waals surface area contributed by atoms with Gasteiger partial charge >= 0.3 is 0 Å². The highest BCUT2D eigenvalue weighted by Crippen LogP contribution is 2.28. The third-order valence-electron chi connectivity index (χ3n) is 6.57. The zero-order valence-electron chi connectivity index (χ0n) is 20.1. The van der Waals surface area contributed by atoms with Crippen molar-refractivity contribution in [3.63, 3.8) is 0 Å². The lowest BCUT2D eigenvalue weighted by molar-refractivity contribution is -0.125. The fourth-order valence-corrected chi connectivity index (χ4v) is 5.05. The lowest BCUT2D eigenvalue weighted by atomic mass is 10.1. The number of imidazole rings is 1. The third-order valence-corrected chi connectivity index (χ3v) is 7.16. The molecule has 5 rings (SSSR count). The molecule has 8 nitrogen and oxygen atoms in total. The average Bonchev–Trinajstić information content (AvgIpc) is 3.55. The zero-order valence-corrected chi connectivity index (χ0v) is 21.6. The van der Waals surface area contributed by atoms with Gasteiger partial charge in [-0.2, -0.15) is 0 Å². The number of aryl methyl sites for hydroxylation is 2. The molecule has 36 heavy (non-hydrogen) atoms. The van der Waals surface area contributed by atoms with Gasteiger partial charge < -0.3 is 19.6 Å². The van der Waals surface area contributed by atoms with Crippen molar-refractivity contribution in [2.75, 3.05) is 6.54 Å². The minimum atomic E-state index is -0.379. The maximum Gasteiger partial charge on any atom is 0.237 e. The van der Waals surface area contributed by atoms with E-state index in [9.17, 15) is 4.79 Å². The molecular weight excluding hydrogens is 501 g/mol. The topological polar surface area (TPSA) is 96.3 Å². The highest BCUT2D eigenvalue weighted by Gasteiger charge is 2.37. The molecule has 2 aromatic carbocycles. The number of halogens is 2. The second-order valence-electron chi connectivity index (χ2n) is 9.07. The van der Waals surface area contributed by atoms with Gasteiger partial charge in [-0.3, -0.25) is 9.69 Å². The Morgan fingerprint density at radius 3 is 2.83 bits per heavy atom. The maximum absolute atomic E-state index is 13.3. The van der Waals surface area contributed by atoms with Crippen molar-refractivity contribution >= 4 is 40.1 Å². The fourth-order valence-electron chi connectivity index (χ4n) is 4.59. The van der Waals surface area contributed by atoms with E-state index in [4.69, 9.17) is 32.5 Å². The lowest BCUT2D eigenvalue weighted by Crippen LogP contribution is -2.42. The Labute approximate surface area is 218 Å². The number of nitrogens with zero attached hydrogens (tertiary/aromatic N) is 3. The largest absolute Gasteiger partial charge is 0.372 e. The molecule has 0 spiro atoms. The van der Waals surface area contributed by atoms with Crippen molar-refractivity contribution < 1.29 is 14.1 Å². The molecule has 1 aliphatic heterocycles. The van der Waals surface area contributed by atoms with Gasteiger partial charge in [-0.15, -0.1) is 0 Å². The van der Waals surface area contributed by atoms with Crippen LogP contribution in [0.1, 0.15) is 34.8 Å². The smallest absolute Gasteiger partial charge is 0.237 e. The molecule has 2 aromatic heterocycles. The Kier molecular flexibility index (Phi) is 7.29. The van der Waals surface area contributed by atoms with Gasteiger partial charge in [0.05, 0.1) is 42.0 Å². The standard InChI is InChI=1S/C26H27Cl2N5O3/c1-15-20(16(2)36-32-15)14-35-19-10-24(33(13-19)12-17-7-8-18(27)9-21(17)28)26(34)29-11-25-30-22-5-3-4-6-23(22)31-25/h3-9,19,24H,10-14H2,1-2H3,(H,29,34)(H,30,31)/t19-,24+/m1/s1. The summed E-state index contributed by atoms with van der Waals surface area (Å²) in [5, 5.41) is 8.19. The average molecular weight is 528 g/mol. The summed E-state index contributed by atoms with van der Waals surface area (Å²) < 4.78 is 11.5. The van der Waals surface area contributed by atoms with Gasteiger partial charge in [0, 0.05) is 28.7 Å². The summed E-state index contributed by atoms with van der Waals surface area (Å²) in [6, 6.07) is 12.8. The predicted molar refractivity (Wildman–Crippen MR) is 138 cm³/mol. The number of benzene rings is 2. The predicted octanol–water partition coefficient (Wildman–Crippen LogP) is 4.95. The van der Waals surface area contributed by atoms with E-state index in [0.29, 0.717) is 48.5 Å². The maximum atomic E-state index is 13.3. The van der Waals surface area contributed by atoms with Crippen molar-refractivity contribution in [2.24, 2.45) is 0 Å². The number of hydrogen-bond acceptors (Lipinski definition) is 6. The number of ether oxygens (including phenoxy) is 1. The van der Waals surface area contributed by atoms with Crippen molar-refractivity contribution in [2.45, 2.75) is 52.1 Å². The Bertz CT molecular complexity index is 1330. The monoisotopic (exact) mass is 527 g/mol. The van der Waals surface area contributed by atoms with Crippen LogP contribution in [0.4, 0.5) is 0 Å². The molecule has 0 bridgehead atoms. The Morgan fingerprint density at radius 1 is 1.25 bits per heavy atom. The lowest BCUT2D eigenvalue weighted by Gasteiger charge is -2.23. The first kappa shape index (κ1) is 24.8. The summed E-state index contributed by atoms with van der Waals surface area (Å²) in [6.07, 6.45) is 0.423. The second-order valence-corrected chi connectivity index (χ2v) is 9.91. The van der Waals surface area contributed by atoms with Crippen LogP contribution < -0.4 is 5.32 Å². The first-order valence-corrected chi connectivity index (χ1v) is 12.6. The van der Waals surface area contributed by atoms with Crippen molar-refractivity contribution in [3.05, 3.63) is 80.9 Å². The first-order chi connectivity index (χ1) is 17.4. The minimum absolute atomic E-state index is 0.0796. The van der Waals surface area contributed by atoms with Crippen LogP contribution in [0.2, 0.25) is 10.0 Å². The molecular formula is C26H27Cl2N5O3. The van der Waals surface area contributed by atoms with Gasteiger partial charge in [0.2, 0.25) is 5.91 Å². The van der Waals surface area contributed by atoms with Crippen LogP contribution in [-0.2, 0) is 29.2 Å². The van der Waals surface area contributed by atoms with E-state index in [1.807, 2.05) is 44.2 Å². The number of nitrogens with one attached hydrogen (secondary N) is 2. The molecule has 188 valence electrons. The van der Waals surface area contributed by atoms with Gasteiger partial charge in [-0.1, -0.05) is 46.6 Å². The number of rotatable bonds is 8. The molecule has 2 N–H and O–H groups in total. The van der Waals surface area contributed by atoms with Gasteiger partial charge in [-0.25, -0.2) is 4.98 Å². The van der Waals surface area contributed by atoms with E-state index in [-0.39, 0.29) is 18.1 Å². The number of para-hydroxylation sites is 2. The SMILES string of the molecule is Cc1noc(C)c1CO[C@@H]1C[C@@H](C(=O)NCc2nc3ccccc3[nH]2)N(Cc2ccc(Cl)cc2Cl)C1. The van der Waals surface area contributed by atoms with E-state index >= 15 is 0 Å². The summed E-state index contributed by atoms with van der Waals surface area (Å²) in [4.78, 5) is 23.2.